The first-order valence-corrected chi connectivity index (χ1v) is 6.03. The molecule has 1 aliphatic heterocycles. The maximum atomic E-state index is 6.06. The zero-order valence-corrected chi connectivity index (χ0v) is 10.2. The number of nitrogens with two attached hydrogens (primary N) is 1. The van der Waals surface area contributed by atoms with Gasteiger partial charge < -0.3 is 15.0 Å². The molecule has 0 radical (unpaired) electrons. The minimum absolute atomic E-state index is 0.203. The van der Waals surface area contributed by atoms with E-state index in [0.717, 1.165) is 24.1 Å². The Morgan fingerprint density at radius 3 is 3.00 bits per heavy atom. The summed E-state index contributed by atoms with van der Waals surface area (Å²) in [6.45, 7) is 5.00. The van der Waals surface area contributed by atoms with Crippen LogP contribution in [0.1, 0.15) is 24.9 Å². The molecular weight excluding hydrogens is 214 g/mol. The molecule has 2 unspecified atom stereocenters. The van der Waals surface area contributed by atoms with Gasteiger partial charge in [-0.15, -0.1) is 0 Å². The van der Waals surface area contributed by atoms with Crippen molar-refractivity contribution in [1.29, 1.82) is 0 Å². The summed E-state index contributed by atoms with van der Waals surface area (Å²) in [6.07, 6.45) is 1.21. The number of rotatable bonds is 1. The number of benzene rings is 1. The summed E-state index contributed by atoms with van der Waals surface area (Å²) in [7, 11) is 0. The maximum absolute atomic E-state index is 6.06. The highest BCUT2D eigenvalue weighted by Crippen LogP contribution is 2.33. The van der Waals surface area contributed by atoms with Crippen LogP contribution in [-0.2, 0) is 4.74 Å². The van der Waals surface area contributed by atoms with Crippen molar-refractivity contribution in [3.63, 3.8) is 0 Å². The molecule has 17 heavy (non-hydrogen) atoms. The minimum Gasteiger partial charge on any atom is -0.376 e. The summed E-state index contributed by atoms with van der Waals surface area (Å²) in [5.74, 6) is 0.594. The van der Waals surface area contributed by atoms with Crippen molar-refractivity contribution >= 4 is 17.0 Å². The monoisotopic (exact) mass is 231 g/mol. The number of imidazole rings is 1. The van der Waals surface area contributed by atoms with E-state index in [4.69, 9.17) is 10.5 Å². The van der Waals surface area contributed by atoms with E-state index in [0.29, 0.717) is 12.0 Å². The van der Waals surface area contributed by atoms with Crippen LogP contribution in [0.4, 0.5) is 5.95 Å². The molecule has 2 aromatic rings. The van der Waals surface area contributed by atoms with Gasteiger partial charge in [0.1, 0.15) is 0 Å². The summed E-state index contributed by atoms with van der Waals surface area (Å²) in [5.41, 5.74) is 9.39. The van der Waals surface area contributed by atoms with Crippen molar-refractivity contribution in [3.05, 3.63) is 23.8 Å². The van der Waals surface area contributed by atoms with E-state index in [1.54, 1.807) is 0 Å². The summed E-state index contributed by atoms with van der Waals surface area (Å²) >= 11 is 0. The highest BCUT2D eigenvalue weighted by molar-refractivity contribution is 5.81. The molecule has 2 heterocycles. The summed E-state index contributed by atoms with van der Waals surface area (Å²) in [5, 5.41) is 0. The third-order valence-corrected chi connectivity index (χ3v) is 3.61. The molecule has 3 rings (SSSR count). The van der Waals surface area contributed by atoms with Crippen molar-refractivity contribution in [2.24, 2.45) is 0 Å². The number of ether oxygens (including phenoxy) is 1. The Morgan fingerprint density at radius 2 is 2.29 bits per heavy atom. The Morgan fingerprint density at radius 1 is 1.47 bits per heavy atom. The Hall–Kier alpha value is -1.55. The van der Waals surface area contributed by atoms with Gasteiger partial charge in [0.05, 0.1) is 23.2 Å². The molecule has 1 aromatic carbocycles. The highest BCUT2D eigenvalue weighted by Gasteiger charge is 2.29. The number of hydrogen-bond donors (Lipinski definition) is 1. The van der Waals surface area contributed by atoms with Crippen molar-refractivity contribution in [1.82, 2.24) is 9.55 Å². The van der Waals surface area contributed by atoms with E-state index in [2.05, 4.69) is 29.5 Å². The molecule has 0 saturated carbocycles. The van der Waals surface area contributed by atoms with Crippen LogP contribution >= 0.6 is 0 Å². The fourth-order valence-corrected chi connectivity index (χ4v) is 2.73. The van der Waals surface area contributed by atoms with Crippen LogP contribution in [0, 0.1) is 6.92 Å². The number of fused-ring (bicyclic) bond motifs is 1. The van der Waals surface area contributed by atoms with Crippen LogP contribution < -0.4 is 5.73 Å². The van der Waals surface area contributed by atoms with Crippen LogP contribution in [0.2, 0.25) is 0 Å². The predicted molar refractivity (Wildman–Crippen MR) is 68.0 cm³/mol. The molecule has 0 spiro atoms. The van der Waals surface area contributed by atoms with Gasteiger partial charge in [-0.2, -0.15) is 0 Å². The van der Waals surface area contributed by atoms with Crippen molar-refractivity contribution in [2.45, 2.75) is 32.4 Å². The number of anilines is 1. The molecule has 1 fully saturated rings. The third kappa shape index (κ3) is 1.52. The molecule has 1 aromatic heterocycles. The number of nitrogens with zero attached hydrogens (tertiary/aromatic N) is 2. The highest BCUT2D eigenvalue weighted by atomic mass is 16.5. The lowest BCUT2D eigenvalue weighted by molar-refractivity contribution is 0.109. The fraction of sp³-hybridized carbons (Fsp3) is 0.462. The van der Waals surface area contributed by atoms with Crippen molar-refractivity contribution in [3.8, 4) is 0 Å². The first-order valence-electron chi connectivity index (χ1n) is 6.03. The van der Waals surface area contributed by atoms with Gasteiger partial charge in [-0.05, 0) is 31.9 Å². The first kappa shape index (κ1) is 10.6. The number of aromatic nitrogens is 2. The lowest BCUT2D eigenvalue weighted by Crippen LogP contribution is -2.18. The second-order valence-electron chi connectivity index (χ2n) is 4.71. The molecule has 2 atom stereocenters. The van der Waals surface area contributed by atoms with E-state index in [1.807, 2.05) is 12.1 Å². The Labute approximate surface area is 100 Å². The minimum atomic E-state index is 0.203. The van der Waals surface area contributed by atoms with Crippen LogP contribution in [0.5, 0.6) is 0 Å². The normalized spacial score (nSPS) is 24.6. The number of nitrogen functional groups attached to an aromatic ring is 1. The van der Waals surface area contributed by atoms with Gasteiger partial charge in [0.15, 0.2) is 0 Å². The largest absolute Gasteiger partial charge is 0.376 e. The van der Waals surface area contributed by atoms with Gasteiger partial charge >= 0.3 is 0 Å². The van der Waals surface area contributed by atoms with Gasteiger partial charge in [-0.1, -0.05) is 12.1 Å². The average molecular weight is 231 g/mol. The predicted octanol–water partition coefficient (Wildman–Crippen LogP) is 2.28. The molecule has 0 aliphatic carbocycles. The van der Waals surface area contributed by atoms with Gasteiger partial charge in [-0.3, -0.25) is 0 Å². The van der Waals surface area contributed by atoms with Gasteiger partial charge in [0.2, 0.25) is 5.95 Å². The Bertz CT molecular complexity index is 561. The molecule has 4 nitrogen and oxygen atoms in total. The van der Waals surface area contributed by atoms with E-state index < -0.39 is 0 Å². The number of hydrogen-bond acceptors (Lipinski definition) is 3. The van der Waals surface area contributed by atoms with Crippen LogP contribution in [0.3, 0.4) is 0 Å². The van der Waals surface area contributed by atoms with E-state index >= 15 is 0 Å². The Balaban J connectivity index is 2.24. The molecule has 1 aliphatic rings. The molecule has 0 amide bonds. The van der Waals surface area contributed by atoms with Crippen LogP contribution in [-0.4, -0.2) is 22.3 Å². The summed E-state index contributed by atoms with van der Waals surface area (Å²) < 4.78 is 7.77. The molecule has 90 valence electrons. The quantitative estimate of drug-likeness (QED) is 0.819. The van der Waals surface area contributed by atoms with Crippen LogP contribution in [0.15, 0.2) is 18.2 Å². The molecule has 0 bridgehead atoms. The van der Waals surface area contributed by atoms with Crippen molar-refractivity contribution < 1.29 is 4.74 Å². The number of para-hydroxylation sites is 1. The zero-order chi connectivity index (χ0) is 12.0. The van der Waals surface area contributed by atoms with E-state index in [1.165, 1.54) is 5.56 Å². The lowest BCUT2D eigenvalue weighted by Gasteiger charge is -2.18. The summed E-state index contributed by atoms with van der Waals surface area (Å²) in [4.78, 5) is 4.44. The zero-order valence-electron chi connectivity index (χ0n) is 10.2. The van der Waals surface area contributed by atoms with E-state index in [9.17, 15) is 0 Å². The van der Waals surface area contributed by atoms with Gasteiger partial charge in [0.25, 0.3) is 0 Å². The lowest BCUT2D eigenvalue weighted by atomic mass is 10.1. The first-order chi connectivity index (χ1) is 8.18. The molecule has 4 heteroatoms. The van der Waals surface area contributed by atoms with Gasteiger partial charge in [-0.25, -0.2) is 4.98 Å². The topological polar surface area (TPSA) is 53.1 Å². The standard InChI is InChI=1S/C13H17N3O/c1-8-4-3-5-10-12(8)16(13(14)15-10)11-6-7-17-9(11)2/h3-5,9,11H,6-7H2,1-2H3,(H2,14,15). The third-order valence-electron chi connectivity index (χ3n) is 3.61. The number of aryl methyl sites for hydroxylation is 1. The fourth-order valence-electron chi connectivity index (χ4n) is 2.73. The summed E-state index contributed by atoms with van der Waals surface area (Å²) in [6, 6.07) is 6.43. The second-order valence-corrected chi connectivity index (χ2v) is 4.71. The maximum Gasteiger partial charge on any atom is 0.201 e. The molecule has 2 N–H and O–H groups in total. The Kier molecular flexibility index (Phi) is 2.33. The van der Waals surface area contributed by atoms with Crippen molar-refractivity contribution in [2.75, 3.05) is 12.3 Å². The molecular formula is C13H17N3O. The average Bonchev–Trinajstić information content (AvgIpc) is 2.82. The molecule has 1 saturated heterocycles. The smallest absolute Gasteiger partial charge is 0.201 e. The SMILES string of the molecule is Cc1cccc2nc(N)n(C3CCOC3C)c12. The van der Waals surface area contributed by atoms with Crippen LogP contribution in [0.25, 0.3) is 11.0 Å². The van der Waals surface area contributed by atoms with Gasteiger partial charge in [0, 0.05) is 6.61 Å². The second kappa shape index (κ2) is 3.74. The van der Waals surface area contributed by atoms with E-state index in [-0.39, 0.29) is 6.10 Å².